The standard InChI is InChI=1S/C14H20FN3O2/c1-18-7-5-16-10-13(18)14(19)17-6-8-20-12-4-2-3-11(15)9-12/h2-4,9,13,16H,5-8,10H2,1H3,(H,17,19)/t13-/m0/s1. The number of benzene rings is 1. The summed E-state index contributed by atoms with van der Waals surface area (Å²) in [6.07, 6.45) is 0. The highest BCUT2D eigenvalue weighted by molar-refractivity contribution is 5.82. The lowest BCUT2D eigenvalue weighted by atomic mass is 10.2. The summed E-state index contributed by atoms with van der Waals surface area (Å²) >= 11 is 0. The van der Waals surface area contributed by atoms with Crippen LogP contribution < -0.4 is 15.4 Å². The Morgan fingerprint density at radius 1 is 1.60 bits per heavy atom. The second kappa shape index (κ2) is 7.21. The van der Waals surface area contributed by atoms with Crippen molar-refractivity contribution in [2.24, 2.45) is 0 Å². The summed E-state index contributed by atoms with van der Waals surface area (Å²) in [5.41, 5.74) is 0. The predicted octanol–water partition coefficient (Wildman–Crippen LogP) is 0.224. The number of hydrogen-bond acceptors (Lipinski definition) is 4. The normalized spacial score (nSPS) is 19.6. The van der Waals surface area contributed by atoms with E-state index in [1.165, 1.54) is 12.1 Å². The van der Waals surface area contributed by atoms with Crippen molar-refractivity contribution in [2.75, 3.05) is 39.8 Å². The number of hydrogen-bond donors (Lipinski definition) is 2. The third kappa shape index (κ3) is 4.18. The van der Waals surface area contributed by atoms with E-state index in [2.05, 4.69) is 10.6 Å². The van der Waals surface area contributed by atoms with Crippen molar-refractivity contribution in [3.63, 3.8) is 0 Å². The fourth-order valence-electron chi connectivity index (χ4n) is 2.12. The molecule has 1 aromatic carbocycles. The molecule has 5 nitrogen and oxygen atoms in total. The SMILES string of the molecule is CN1CCNC[C@H]1C(=O)NCCOc1cccc(F)c1. The number of nitrogens with zero attached hydrogens (tertiary/aromatic N) is 1. The van der Waals surface area contributed by atoms with Gasteiger partial charge in [-0.25, -0.2) is 4.39 Å². The minimum Gasteiger partial charge on any atom is -0.492 e. The van der Waals surface area contributed by atoms with Crippen LogP contribution in [0.15, 0.2) is 24.3 Å². The molecule has 1 aliphatic rings. The van der Waals surface area contributed by atoms with Crippen molar-refractivity contribution in [2.45, 2.75) is 6.04 Å². The molecule has 0 aromatic heterocycles. The topological polar surface area (TPSA) is 53.6 Å². The van der Waals surface area contributed by atoms with Gasteiger partial charge in [-0.15, -0.1) is 0 Å². The molecule has 1 aliphatic heterocycles. The summed E-state index contributed by atoms with van der Waals surface area (Å²) in [7, 11) is 1.94. The number of piperazine rings is 1. The van der Waals surface area contributed by atoms with Crippen molar-refractivity contribution >= 4 is 5.91 Å². The van der Waals surface area contributed by atoms with Crippen LogP contribution >= 0.6 is 0 Å². The number of ether oxygens (including phenoxy) is 1. The molecule has 1 saturated heterocycles. The molecule has 1 fully saturated rings. The van der Waals surface area contributed by atoms with Gasteiger partial charge in [-0.05, 0) is 19.2 Å². The third-order valence-electron chi connectivity index (χ3n) is 3.28. The minimum atomic E-state index is -0.332. The summed E-state index contributed by atoms with van der Waals surface area (Å²) in [6, 6.07) is 5.81. The molecule has 1 heterocycles. The fourth-order valence-corrected chi connectivity index (χ4v) is 2.12. The van der Waals surface area contributed by atoms with Gasteiger partial charge in [-0.2, -0.15) is 0 Å². The van der Waals surface area contributed by atoms with Gasteiger partial charge >= 0.3 is 0 Å². The van der Waals surface area contributed by atoms with Gasteiger partial charge in [0.2, 0.25) is 5.91 Å². The van der Waals surface area contributed by atoms with Crippen molar-refractivity contribution in [3.05, 3.63) is 30.1 Å². The first kappa shape index (κ1) is 14.7. The minimum absolute atomic E-state index is 0.0115. The fraction of sp³-hybridized carbons (Fsp3) is 0.500. The number of carbonyl (C=O) groups is 1. The summed E-state index contributed by atoms with van der Waals surface area (Å²) in [4.78, 5) is 14.0. The molecule has 6 heteroatoms. The lowest BCUT2D eigenvalue weighted by Gasteiger charge is -2.31. The lowest BCUT2D eigenvalue weighted by molar-refractivity contribution is -0.126. The van der Waals surface area contributed by atoms with Gasteiger partial charge in [0.05, 0.1) is 6.54 Å². The summed E-state index contributed by atoms with van der Waals surface area (Å²) in [5.74, 6) is 0.125. The number of amides is 1. The molecule has 2 N–H and O–H groups in total. The lowest BCUT2D eigenvalue weighted by Crippen LogP contribution is -2.56. The summed E-state index contributed by atoms with van der Waals surface area (Å²) < 4.78 is 18.3. The van der Waals surface area contributed by atoms with Crippen LogP contribution in [-0.2, 0) is 4.79 Å². The smallest absolute Gasteiger partial charge is 0.238 e. The zero-order valence-electron chi connectivity index (χ0n) is 11.6. The van der Waals surface area contributed by atoms with Crippen molar-refractivity contribution < 1.29 is 13.9 Å². The van der Waals surface area contributed by atoms with E-state index in [0.29, 0.717) is 25.4 Å². The summed E-state index contributed by atoms with van der Waals surface area (Å²) in [6.45, 7) is 3.15. The van der Waals surface area contributed by atoms with Gasteiger partial charge in [0.25, 0.3) is 0 Å². The molecule has 0 unspecified atom stereocenters. The Kier molecular flexibility index (Phi) is 5.31. The van der Waals surface area contributed by atoms with Gasteiger partial charge in [-0.3, -0.25) is 9.69 Å². The van der Waals surface area contributed by atoms with E-state index in [4.69, 9.17) is 4.74 Å². The van der Waals surface area contributed by atoms with Gasteiger partial charge in [-0.1, -0.05) is 6.07 Å². The molecule has 0 spiro atoms. The highest BCUT2D eigenvalue weighted by atomic mass is 19.1. The van der Waals surface area contributed by atoms with E-state index in [9.17, 15) is 9.18 Å². The van der Waals surface area contributed by atoms with Gasteiger partial charge < -0.3 is 15.4 Å². The van der Waals surface area contributed by atoms with Gasteiger partial charge in [0, 0.05) is 25.7 Å². The zero-order valence-corrected chi connectivity index (χ0v) is 11.6. The maximum absolute atomic E-state index is 12.9. The van der Waals surface area contributed by atoms with Crippen molar-refractivity contribution in [1.29, 1.82) is 0 Å². The Morgan fingerprint density at radius 3 is 3.20 bits per heavy atom. The molecule has 0 radical (unpaired) electrons. The molecule has 20 heavy (non-hydrogen) atoms. The van der Waals surface area contributed by atoms with E-state index < -0.39 is 0 Å². The second-order valence-corrected chi connectivity index (χ2v) is 4.80. The van der Waals surface area contributed by atoms with Crippen LogP contribution in [0.4, 0.5) is 4.39 Å². The number of halogens is 1. The molecule has 1 aromatic rings. The molecule has 1 amide bonds. The van der Waals surface area contributed by atoms with Crippen LogP contribution in [0.3, 0.4) is 0 Å². The van der Waals surface area contributed by atoms with Crippen LogP contribution in [0.1, 0.15) is 0 Å². The molecular formula is C14H20FN3O2. The van der Waals surface area contributed by atoms with Crippen LogP contribution in [0.2, 0.25) is 0 Å². The molecule has 1 atom stereocenters. The predicted molar refractivity (Wildman–Crippen MR) is 74.2 cm³/mol. The van der Waals surface area contributed by atoms with E-state index in [0.717, 1.165) is 13.1 Å². The summed E-state index contributed by atoms with van der Waals surface area (Å²) in [5, 5.41) is 6.02. The van der Waals surface area contributed by atoms with E-state index in [1.807, 2.05) is 11.9 Å². The van der Waals surface area contributed by atoms with Crippen molar-refractivity contribution in [3.8, 4) is 5.75 Å². The first-order valence-electron chi connectivity index (χ1n) is 6.74. The molecule has 0 aliphatic carbocycles. The second-order valence-electron chi connectivity index (χ2n) is 4.80. The first-order chi connectivity index (χ1) is 9.66. The van der Waals surface area contributed by atoms with Crippen LogP contribution in [0.25, 0.3) is 0 Å². The van der Waals surface area contributed by atoms with Crippen LogP contribution in [-0.4, -0.2) is 56.7 Å². The Morgan fingerprint density at radius 2 is 2.45 bits per heavy atom. The Labute approximate surface area is 118 Å². The average Bonchev–Trinajstić information content (AvgIpc) is 2.44. The number of nitrogens with one attached hydrogen (secondary N) is 2. The maximum atomic E-state index is 12.9. The van der Waals surface area contributed by atoms with E-state index >= 15 is 0 Å². The van der Waals surface area contributed by atoms with E-state index in [-0.39, 0.29) is 17.8 Å². The maximum Gasteiger partial charge on any atom is 0.238 e. The Bertz CT molecular complexity index is 456. The number of carbonyl (C=O) groups excluding carboxylic acids is 1. The average molecular weight is 281 g/mol. The Hall–Kier alpha value is -1.66. The zero-order chi connectivity index (χ0) is 14.4. The monoisotopic (exact) mass is 281 g/mol. The molecule has 0 saturated carbocycles. The number of likely N-dealkylation sites (N-methyl/N-ethyl adjacent to an activating group) is 1. The third-order valence-corrected chi connectivity index (χ3v) is 3.28. The largest absolute Gasteiger partial charge is 0.492 e. The van der Waals surface area contributed by atoms with Crippen molar-refractivity contribution in [1.82, 2.24) is 15.5 Å². The van der Waals surface area contributed by atoms with E-state index in [1.54, 1.807) is 12.1 Å². The Balaban J connectivity index is 1.69. The van der Waals surface area contributed by atoms with Crippen LogP contribution in [0, 0.1) is 5.82 Å². The highest BCUT2D eigenvalue weighted by Gasteiger charge is 2.25. The van der Waals surface area contributed by atoms with Gasteiger partial charge in [0.15, 0.2) is 0 Å². The van der Waals surface area contributed by atoms with Crippen LogP contribution in [0.5, 0.6) is 5.75 Å². The van der Waals surface area contributed by atoms with Gasteiger partial charge in [0.1, 0.15) is 24.2 Å². The molecule has 110 valence electrons. The number of rotatable bonds is 5. The quantitative estimate of drug-likeness (QED) is 0.758. The molecular weight excluding hydrogens is 261 g/mol. The molecule has 0 bridgehead atoms. The molecule has 2 rings (SSSR count). The highest BCUT2D eigenvalue weighted by Crippen LogP contribution is 2.11. The first-order valence-corrected chi connectivity index (χ1v) is 6.74.